The molecule has 1 amide bonds. The van der Waals surface area contributed by atoms with Crippen LogP contribution >= 0.6 is 0 Å². The number of hydrogen-bond donors (Lipinski definition) is 4. The lowest BCUT2D eigenvalue weighted by Crippen LogP contribution is -2.54. The van der Waals surface area contributed by atoms with E-state index < -0.39 is 0 Å². The summed E-state index contributed by atoms with van der Waals surface area (Å²) in [4.78, 5) is 16.6. The number of aliphatic imine (C=N–C) groups is 1. The summed E-state index contributed by atoms with van der Waals surface area (Å²) in [5.74, 6) is 5.92. The third-order valence-corrected chi connectivity index (χ3v) is 3.27. The van der Waals surface area contributed by atoms with Gasteiger partial charge in [-0.15, -0.1) is 0 Å². The van der Waals surface area contributed by atoms with Crippen molar-refractivity contribution < 1.29 is 4.79 Å². The summed E-state index contributed by atoms with van der Waals surface area (Å²) in [6.45, 7) is 7.66. The van der Waals surface area contributed by atoms with E-state index in [0.29, 0.717) is 12.0 Å². The lowest BCUT2D eigenvalue weighted by atomic mass is 9.96. The maximum Gasteiger partial charge on any atom is 0.242 e. The Kier molecular flexibility index (Phi) is 6.26. The van der Waals surface area contributed by atoms with Crippen molar-refractivity contribution in [3.05, 3.63) is 0 Å². The van der Waals surface area contributed by atoms with Gasteiger partial charge in [-0.1, -0.05) is 19.3 Å². The predicted octanol–water partition coefficient (Wildman–Crippen LogP) is 1.03. The molecule has 1 atom stereocenters. The zero-order chi connectivity index (χ0) is 15.2. The summed E-state index contributed by atoms with van der Waals surface area (Å²) in [5.41, 5.74) is 2.31. The molecule has 1 aliphatic rings. The van der Waals surface area contributed by atoms with Crippen LogP contribution in [0.2, 0.25) is 0 Å². The fraction of sp³-hybridized carbons (Fsp3) is 0.857. The van der Waals surface area contributed by atoms with Crippen LogP contribution in [0.25, 0.3) is 0 Å². The normalized spacial score (nSPS) is 19.4. The number of hydrazine groups is 1. The number of nitrogens with two attached hydrogens (primary N) is 1. The number of rotatable bonds is 3. The molecule has 0 heterocycles. The first kappa shape index (κ1) is 16.8. The van der Waals surface area contributed by atoms with Crippen molar-refractivity contribution >= 4 is 11.9 Å². The zero-order valence-electron chi connectivity index (χ0n) is 13.1. The molecule has 0 radical (unpaired) electrons. The van der Waals surface area contributed by atoms with Gasteiger partial charge in [0, 0.05) is 5.54 Å². The smallest absolute Gasteiger partial charge is 0.242 e. The number of nitrogens with one attached hydrogen (secondary N) is 3. The number of nitrogens with zero attached hydrogens (tertiary/aromatic N) is 1. The first-order valence-corrected chi connectivity index (χ1v) is 7.45. The lowest BCUT2D eigenvalue weighted by Gasteiger charge is -2.25. The Labute approximate surface area is 121 Å². The summed E-state index contributed by atoms with van der Waals surface area (Å²) in [6.07, 6.45) is 5.90. The van der Waals surface area contributed by atoms with Gasteiger partial charge in [-0.2, -0.15) is 0 Å². The average Bonchev–Trinajstić information content (AvgIpc) is 2.37. The molecule has 0 aliphatic heterocycles. The van der Waals surface area contributed by atoms with E-state index in [2.05, 4.69) is 21.1 Å². The molecule has 5 N–H and O–H groups in total. The number of carbonyl (C=O) groups is 1. The molecule has 0 aromatic heterocycles. The Hall–Kier alpha value is -1.30. The second-order valence-corrected chi connectivity index (χ2v) is 6.52. The maximum absolute atomic E-state index is 12.0. The summed E-state index contributed by atoms with van der Waals surface area (Å²) in [7, 11) is 0. The Morgan fingerprint density at radius 3 is 2.35 bits per heavy atom. The van der Waals surface area contributed by atoms with Gasteiger partial charge in [-0.25, -0.2) is 10.8 Å². The molecule has 1 fully saturated rings. The Balaban J connectivity index is 2.54. The van der Waals surface area contributed by atoms with E-state index in [4.69, 9.17) is 5.84 Å². The van der Waals surface area contributed by atoms with E-state index in [0.717, 1.165) is 12.8 Å². The summed E-state index contributed by atoms with van der Waals surface area (Å²) in [6, 6.07) is -0.0761. The summed E-state index contributed by atoms with van der Waals surface area (Å²) >= 11 is 0. The molecule has 6 heteroatoms. The monoisotopic (exact) mass is 283 g/mol. The van der Waals surface area contributed by atoms with E-state index in [1.807, 2.05) is 20.8 Å². The minimum Gasteiger partial charge on any atom is -0.350 e. The van der Waals surface area contributed by atoms with Crippen LogP contribution in [0, 0.1) is 0 Å². The van der Waals surface area contributed by atoms with Gasteiger partial charge in [-0.05, 0) is 40.5 Å². The van der Waals surface area contributed by atoms with Crippen molar-refractivity contribution in [2.45, 2.75) is 77.4 Å². The van der Waals surface area contributed by atoms with Gasteiger partial charge in [-0.3, -0.25) is 10.2 Å². The number of guanidine groups is 1. The largest absolute Gasteiger partial charge is 0.350 e. The average molecular weight is 283 g/mol. The highest BCUT2D eigenvalue weighted by Crippen LogP contribution is 2.20. The zero-order valence-corrected chi connectivity index (χ0v) is 13.1. The fourth-order valence-corrected chi connectivity index (χ4v) is 2.26. The molecule has 116 valence electrons. The van der Waals surface area contributed by atoms with Gasteiger partial charge >= 0.3 is 0 Å². The highest BCUT2D eigenvalue weighted by Gasteiger charge is 2.20. The topological polar surface area (TPSA) is 91.5 Å². The Bertz CT molecular complexity index is 342. The molecule has 1 saturated carbocycles. The highest BCUT2D eigenvalue weighted by atomic mass is 16.2. The molecular formula is C14H29N5O. The van der Waals surface area contributed by atoms with Gasteiger partial charge in [0.15, 0.2) is 0 Å². The van der Waals surface area contributed by atoms with Crippen LogP contribution in [-0.4, -0.2) is 29.5 Å². The summed E-state index contributed by atoms with van der Waals surface area (Å²) < 4.78 is 0. The minimum atomic E-state index is -0.382. The standard InChI is InChI=1S/C14H29N5O/c1-10(12(20)18-14(2,3)4)16-13(19-15)17-11-8-6-5-7-9-11/h10-11H,5-9,15H2,1-4H3,(H,18,20)(H2,16,17,19). The third kappa shape index (κ3) is 6.23. The molecule has 0 saturated heterocycles. The Morgan fingerprint density at radius 2 is 1.85 bits per heavy atom. The van der Waals surface area contributed by atoms with Crippen molar-refractivity contribution in [3.63, 3.8) is 0 Å². The van der Waals surface area contributed by atoms with Gasteiger partial charge in [0.05, 0.1) is 6.04 Å². The van der Waals surface area contributed by atoms with Crippen molar-refractivity contribution in [1.29, 1.82) is 0 Å². The van der Waals surface area contributed by atoms with E-state index in [1.54, 1.807) is 6.92 Å². The maximum atomic E-state index is 12.0. The predicted molar refractivity (Wildman–Crippen MR) is 82.1 cm³/mol. The van der Waals surface area contributed by atoms with Crippen LogP contribution in [0.4, 0.5) is 0 Å². The van der Waals surface area contributed by atoms with E-state index >= 15 is 0 Å². The lowest BCUT2D eigenvalue weighted by molar-refractivity contribution is -0.123. The van der Waals surface area contributed by atoms with E-state index in [1.165, 1.54) is 19.3 Å². The van der Waals surface area contributed by atoms with E-state index in [9.17, 15) is 4.79 Å². The second-order valence-electron chi connectivity index (χ2n) is 6.52. The molecule has 1 rings (SSSR count). The quantitative estimate of drug-likeness (QED) is 0.269. The van der Waals surface area contributed by atoms with Crippen molar-refractivity contribution in [1.82, 2.24) is 16.1 Å². The molecule has 0 spiro atoms. The third-order valence-electron chi connectivity index (χ3n) is 3.27. The van der Waals surface area contributed by atoms with Crippen LogP contribution < -0.4 is 21.9 Å². The molecular weight excluding hydrogens is 254 g/mol. The van der Waals surface area contributed by atoms with Gasteiger partial charge in [0.1, 0.15) is 6.04 Å². The number of hydrogen-bond acceptors (Lipinski definition) is 3. The van der Waals surface area contributed by atoms with Crippen LogP contribution in [0.5, 0.6) is 0 Å². The van der Waals surface area contributed by atoms with Crippen LogP contribution in [0.15, 0.2) is 4.99 Å². The SMILES string of the molecule is CC(NC(=NC1CCCCC1)NN)C(=O)NC(C)(C)C. The first-order valence-electron chi connectivity index (χ1n) is 7.45. The van der Waals surface area contributed by atoms with Crippen LogP contribution in [0.1, 0.15) is 59.8 Å². The van der Waals surface area contributed by atoms with Gasteiger partial charge < -0.3 is 10.6 Å². The highest BCUT2D eigenvalue weighted by molar-refractivity contribution is 5.88. The molecule has 1 unspecified atom stereocenters. The van der Waals surface area contributed by atoms with Crippen molar-refractivity contribution in [3.8, 4) is 0 Å². The fourth-order valence-electron chi connectivity index (χ4n) is 2.26. The summed E-state index contributed by atoms with van der Waals surface area (Å²) in [5, 5.41) is 5.97. The van der Waals surface area contributed by atoms with Crippen molar-refractivity contribution in [2.75, 3.05) is 0 Å². The molecule has 0 aromatic rings. The van der Waals surface area contributed by atoms with Gasteiger partial charge in [0.25, 0.3) is 0 Å². The minimum absolute atomic E-state index is 0.0657. The molecule has 0 aromatic carbocycles. The second kappa shape index (κ2) is 7.47. The molecule has 1 aliphatic carbocycles. The molecule has 20 heavy (non-hydrogen) atoms. The van der Waals surface area contributed by atoms with Crippen LogP contribution in [0.3, 0.4) is 0 Å². The molecule has 6 nitrogen and oxygen atoms in total. The first-order chi connectivity index (χ1) is 9.31. The van der Waals surface area contributed by atoms with E-state index in [-0.39, 0.29) is 17.5 Å². The molecule has 0 bridgehead atoms. The number of amides is 1. The van der Waals surface area contributed by atoms with Crippen LogP contribution in [-0.2, 0) is 4.79 Å². The van der Waals surface area contributed by atoms with Gasteiger partial charge in [0.2, 0.25) is 11.9 Å². The number of carbonyl (C=O) groups excluding carboxylic acids is 1. The van der Waals surface area contributed by atoms with Crippen molar-refractivity contribution in [2.24, 2.45) is 10.8 Å². The Morgan fingerprint density at radius 1 is 1.25 bits per heavy atom.